The molecule has 3 heteroatoms. The largest absolute Gasteiger partial charge is 0.494 e. The van der Waals surface area contributed by atoms with E-state index in [4.69, 9.17) is 9.47 Å². The minimum atomic E-state index is 0.295. The fourth-order valence-electron chi connectivity index (χ4n) is 2.56. The van der Waals surface area contributed by atoms with Crippen LogP contribution in [0.1, 0.15) is 37.4 Å². The molecule has 1 N–H and O–H groups in total. The molecule has 1 saturated heterocycles. The van der Waals surface area contributed by atoms with E-state index in [1.165, 1.54) is 17.5 Å². The van der Waals surface area contributed by atoms with Gasteiger partial charge in [-0.1, -0.05) is 0 Å². The van der Waals surface area contributed by atoms with Crippen LogP contribution in [0.3, 0.4) is 0 Å². The summed E-state index contributed by atoms with van der Waals surface area (Å²) in [5, 5.41) is 3.43. The van der Waals surface area contributed by atoms with Crippen molar-refractivity contribution in [1.82, 2.24) is 5.32 Å². The second kappa shape index (κ2) is 4.22. The maximum atomic E-state index is 5.82. The molecule has 0 amide bonds. The summed E-state index contributed by atoms with van der Waals surface area (Å²) in [4.78, 5) is 0. The Morgan fingerprint density at radius 2 is 2.29 bits per heavy atom. The maximum absolute atomic E-state index is 5.82. The molecule has 0 spiro atoms. The first kappa shape index (κ1) is 10.9. The first-order valence-corrected chi connectivity index (χ1v) is 6.47. The lowest BCUT2D eigenvalue weighted by Gasteiger charge is -2.29. The van der Waals surface area contributed by atoms with Crippen LogP contribution in [-0.4, -0.2) is 19.3 Å². The van der Waals surface area contributed by atoms with E-state index in [9.17, 15) is 0 Å². The van der Waals surface area contributed by atoms with Crippen LogP contribution in [0.2, 0.25) is 0 Å². The number of nitrogens with one attached hydrogen (secondary N) is 1. The zero-order valence-electron chi connectivity index (χ0n) is 10.5. The molecule has 17 heavy (non-hydrogen) atoms. The van der Waals surface area contributed by atoms with Gasteiger partial charge in [0.2, 0.25) is 0 Å². The van der Waals surface area contributed by atoms with Gasteiger partial charge in [-0.2, -0.15) is 0 Å². The van der Waals surface area contributed by atoms with Crippen LogP contribution in [0, 0.1) is 0 Å². The Morgan fingerprint density at radius 1 is 1.47 bits per heavy atom. The molecule has 2 aliphatic rings. The zero-order valence-corrected chi connectivity index (χ0v) is 10.5. The van der Waals surface area contributed by atoms with Gasteiger partial charge in [-0.05, 0) is 38.9 Å². The van der Waals surface area contributed by atoms with E-state index < -0.39 is 0 Å². The van der Waals surface area contributed by atoms with Crippen molar-refractivity contribution < 1.29 is 9.47 Å². The molecule has 3 nitrogen and oxygen atoms in total. The molecule has 0 saturated carbocycles. The van der Waals surface area contributed by atoms with Crippen molar-refractivity contribution in [3.05, 3.63) is 23.3 Å². The van der Waals surface area contributed by atoms with Crippen LogP contribution in [0.25, 0.3) is 0 Å². The van der Waals surface area contributed by atoms with Crippen LogP contribution in [0.4, 0.5) is 0 Å². The third-order valence-corrected chi connectivity index (χ3v) is 3.53. The predicted molar refractivity (Wildman–Crippen MR) is 66.8 cm³/mol. The fraction of sp³-hybridized carbons (Fsp3) is 0.571. The van der Waals surface area contributed by atoms with Gasteiger partial charge >= 0.3 is 0 Å². The van der Waals surface area contributed by atoms with Gasteiger partial charge in [-0.3, -0.25) is 0 Å². The molecule has 1 aromatic rings. The lowest BCUT2D eigenvalue weighted by molar-refractivity contribution is 0.253. The Hall–Kier alpha value is -1.22. The van der Waals surface area contributed by atoms with Gasteiger partial charge in [0, 0.05) is 23.6 Å². The Balaban J connectivity index is 1.97. The summed E-state index contributed by atoms with van der Waals surface area (Å²) in [6.45, 7) is 5.96. The van der Waals surface area contributed by atoms with Crippen LogP contribution in [0.15, 0.2) is 12.1 Å². The SMILES string of the molecule is CCOc1cc2c(cc1C1CCN1)OC(C)C2. The van der Waals surface area contributed by atoms with Gasteiger partial charge in [0.15, 0.2) is 0 Å². The molecular formula is C14H19NO2. The van der Waals surface area contributed by atoms with E-state index in [1.54, 1.807) is 0 Å². The Bertz CT molecular complexity index is 426. The quantitative estimate of drug-likeness (QED) is 0.870. The molecule has 2 heterocycles. The summed E-state index contributed by atoms with van der Waals surface area (Å²) in [6, 6.07) is 4.78. The lowest BCUT2D eigenvalue weighted by Crippen LogP contribution is -2.35. The number of hydrogen-bond donors (Lipinski definition) is 1. The highest BCUT2D eigenvalue weighted by Gasteiger charge is 2.27. The highest BCUT2D eigenvalue weighted by molar-refractivity contribution is 5.50. The van der Waals surface area contributed by atoms with Crippen molar-refractivity contribution in [3.63, 3.8) is 0 Å². The van der Waals surface area contributed by atoms with Crippen LogP contribution >= 0.6 is 0 Å². The summed E-state index contributed by atoms with van der Waals surface area (Å²) < 4.78 is 11.6. The number of ether oxygens (including phenoxy) is 2. The molecule has 3 rings (SSSR count). The molecule has 1 fully saturated rings. The van der Waals surface area contributed by atoms with E-state index in [-0.39, 0.29) is 0 Å². The molecule has 0 aliphatic carbocycles. The predicted octanol–water partition coefficient (Wildman–Crippen LogP) is 2.44. The topological polar surface area (TPSA) is 30.5 Å². The van der Waals surface area contributed by atoms with Crippen molar-refractivity contribution in [2.45, 2.75) is 38.8 Å². The number of hydrogen-bond acceptors (Lipinski definition) is 3. The highest BCUT2D eigenvalue weighted by Crippen LogP contribution is 2.39. The Morgan fingerprint density at radius 3 is 2.94 bits per heavy atom. The molecule has 2 atom stereocenters. The van der Waals surface area contributed by atoms with Crippen LogP contribution in [0.5, 0.6) is 11.5 Å². The van der Waals surface area contributed by atoms with Gasteiger partial charge in [0.1, 0.15) is 17.6 Å². The first-order chi connectivity index (χ1) is 8.28. The normalized spacial score (nSPS) is 26.0. The average molecular weight is 233 g/mol. The Labute approximate surface area is 102 Å². The summed E-state index contributed by atoms with van der Waals surface area (Å²) in [5.41, 5.74) is 2.54. The highest BCUT2D eigenvalue weighted by atomic mass is 16.5. The third kappa shape index (κ3) is 1.89. The van der Waals surface area contributed by atoms with Crippen LogP contribution < -0.4 is 14.8 Å². The van der Waals surface area contributed by atoms with E-state index >= 15 is 0 Å². The van der Waals surface area contributed by atoms with E-state index in [0.29, 0.717) is 12.1 Å². The zero-order chi connectivity index (χ0) is 11.8. The smallest absolute Gasteiger partial charge is 0.124 e. The monoisotopic (exact) mass is 233 g/mol. The first-order valence-electron chi connectivity index (χ1n) is 6.47. The van der Waals surface area contributed by atoms with Crippen molar-refractivity contribution >= 4 is 0 Å². The summed E-state index contributed by atoms with van der Waals surface area (Å²) in [5.74, 6) is 2.07. The fourth-order valence-corrected chi connectivity index (χ4v) is 2.56. The van der Waals surface area contributed by atoms with Gasteiger partial charge in [0.05, 0.1) is 6.61 Å². The van der Waals surface area contributed by atoms with Gasteiger partial charge < -0.3 is 14.8 Å². The average Bonchev–Trinajstić information content (AvgIpc) is 2.55. The Kier molecular flexibility index (Phi) is 2.71. The summed E-state index contributed by atoms with van der Waals surface area (Å²) in [7, 11) is 0. The molecule has 92 valence electrons. The maximum Gasteiger partial charge on any atom is 0.124 e. The van der Waals surface area contributed by atoms with Crippen LogP contribution in [-0.2, 0) is 6.42 Å². The van der Waals surface area contributed by atoms with E-state index in [1.807, 2.05) is 6.92 Å². The molecule has 0 aromatic heterocycles. The number of benzene rings is 1. The second-order valence-electron chi connectivity index (χ2n) is 4.86. The molecule has 2 unspecified atom stereocenters. The minimum absolute atomic E-state index is 0.295. The lowest BCUT2D eigenvalue weighted by atomic mass is 9.95. The van der Waals surface area contributed by atoms with E-state index in [2.05, 4.69) is 24.4 Å². The van der Waals surface area contributed by atoms with Crippen molar-refractivity contribution in [2.75, 3.05) is 13.2 Å². The van der Waals surface area contributed by atoms with Crippen molar-refractivity contribution in [3.8, 4) is 11.5 Å². The number of rotatable bonds is 3. The van der Waals surface area contributed by atoms with E-state index in [0.717, 1.165) is 31.1 Å². The minimum Gasteiger partial charge on any atom is -0.494 e. The van der Waals surface area contributed by atoms with Crippen molar-refractivity contribution in [2.24, 2.45) is 0 Å². The summed E-state index contributed by atoms with van der Waals surface area (Å²) in [6.07, 6.45) is 2.48. The molecule has 0 radical (unpaired) electrons. The second-order valence-corrected chi connectivity index (χ2v) is 4.86. The number of fused-ring (bicyclic) bond motifs is 1. The van der Waals surface area contributed by atoms with Gasteiger partial charge in [-0.15, -0.1) is 0 Å². The molecule has 1 aromatic carbocycles. The van der Waals surface area contributed by atoms with Gasteiger partial charge in [-0.25, -0.2) is 0 Å². The molecular weight excluding hydrogens is 214 g/mol. The summed E-state index contributed by atoms with van der Waals surface area (Å²) >= 11 is 0. The van der Waals surface area contributed by atoms with Crippen molar-refractivity contribution in [1.29, 1.82) is 0 Å². The third-order valence-electron chi connectivity index (χ3n) is 3.53. The van der Waals surface area contributed by atoms with Gasteiger partial charge in [0.25, 0.3) is 0 Å². The molecule has 2 aliphatic heterocycles. The molecule has 0 bridgehead atoms. The standard InChI is InChI=1S/C14H19NO2/c1-3-16-14-7-10-6-9(2)17-13(10)8-11(14)12-4-5-15-12/h7-9,12,15H,3-6H2,1-2H3.